The molecule has 2 bridgehead atoms. The fraction of sp³-hybridized carbons (Fsp3) is 0.667. The van der Waals surface area contributed by atoms with Crippen LogP contribution < -0.4 is 0 Å². The summed E-state index contributed by atoms with van der Waals surface area (Å²) in [4.78, 5) is 34.8. The molecule has 8 nitrogen and oxygen atoms in total. The van der Waals surface area contributed by atoms with Crippen molar-refractivity contribution in [2.45, 2.75) is 115 Å². The Hall–Kier alpha value is -3.11. The second kappa shape index (κ2) is 15.8. The second-order valence-electron chi connectivity index (χ2n) is 15.3. The summed E-state index contributed by atoms with van der Waals surface area (Å²) in [5, 5.41) is 11.6. The second-order valence-corrected chi connectivity index (χ2v) is 15.3. The summed E-state index contributed by atoms with van der Waals surface area (Å²) in [6.45, 7) is 11.4. The number of carbonyl (C=O) groups excluding carboxylic acids is 2. The van der Waals surface area contributed by atoms with Crippen LogP contribution in [-0.2, 0) is 14.3 Å². The van der Waals surface area contributed by atoms with E-state index in [1.165, 1.54) is 0 Å². The highest BCUT2D eigenvalue weighted by atomic mass is 19.3. The number of aromatic nitrogens is 1. The standard InChI is InChI=1S/C39H55F2N3O5/c1-26-16-19-38(5,47)34(48-37(46)43-21-17-32(18-22-43)44-24-30-13-14-31(25-44)39(30,40)41)15-12-29(4)36(49-35(45)23-26)28(3)10-8-9-27(2)33-11-6-7-20-42-33/h6-12,15,20,26-27,29-32,34,36,47H,13-14,16-19,21-25H2,1-5H3/b9-8+,15-12+,28-10+/t26-,27-,29+,30?,31?,34+,36-,38-/m1/s1. The highest BCUT2D eigenvalue weighted by Gasteiger charge is 2.56. The normalized spacial score (nSPS) is 34.9. The van der Waals surface area contributed by atoms with Gasteiger partial charge in [-0.05, 0) is 82.1 Å². The third-order valence-corrected chi connectivity index (χ3v) is 11.3. The molecule has 270 valence electrons. The van der Waals surface area contributed by atoms with E-state index in [9.17, 15) is 23.5 Å². The van der Waals surface area contributed by atoms with Crippen molar-refractivity contribution in [2.75, 3.05) is 26.2 Å². The van der Waals surface area contributed by atoms with E-state index in [0.29, 0.717) is 64.7 Å². The lowest BCUT2D eigenvalue weighted by atomic mass is 9.87. The minimum atomic E-state index is -2.55. The molecule has 2 saturated heterocycles. The Balaban J connectivity index is 1.24. The number of allylic oxidation sites excluding steroid dienone is 3. The topological polar surface area (TPSA) is 92.2 Å². The molecule has 0 radical (unpaired) electrons. The first-order valence-corrected chi connectivity index (χ1v) is 18.2. The Bertz CT molecular complexity index is 1360. The number of alkyl halides is 2. The Morgan fingerprint density at radius 3 is 2.45 bits per heavy atom. The van der Waals surface area contributed by atoms with Crippen LogP contribution in [0.3, 0.4) is 0 Å². The summed E-state index contributed by atoms with van der Waals surface area (Å²) < 4.78 is 41.1. The summed E-state index contributed by atoms with van der Waals surface area (Å²) in [6.07, 6.45) is 13.1. The van der Waals surface area contributed by atoms with E-state index >= 15 is 0 Å². The average Bonchev–Trinajstić information content (AvgIpc) is 3.21. The largest absolute Gasteiger partial charge is 0.457 e. The number of rotatable bonds is 6. The van der Waals surface area contributed by atoms with E-state index < -0.39 is 41.7 Å². The van der Waals surface area contributed by atoms with Gasteiger partial charge in [-0.1, -0.05) is 51.1 Å². The number of amides is 1. The van der Waals surface area contributed by atoms with Crippen molar-refractivity contribution in [1.29, 1.82) is 0 Å². The predicted octanol–water partition coefficient (Wildman–Crippen LogP) is 7.31. The van der Waals surface area contributed by atoms with E-state index in [1.807, 2.05) is 57.2 Å². The number of hydrogen-bond acceptors (Lipinski definition) is 7. The van der Waals surface area contributed by atoms with Gasteiger partial charge in [0.1, 0.15) is 11.7 Å². The van der Waals surface area contributed by atoms with Crippen LogP contribution in [0.1, 0.15) is 91.2 Å². The van der Waals surface area contributed by atoms with Crippen LogP contribution in [0.25, 0.3) is 0 Å². The fourth-order valence-corrected chi connectivity index (χ4v) is 7.92. The lowest BCUT2D eigenvalue weighted by molar-refractivity contribution is -0.150. The molecule has 1 aromatic rings. The SMILES string of the molecule is C/C(=C\C=C\[C@@H](C)c1ccccn1)[C@H]1OC(=O)C[C@H](C)CC[C@@](C)(O)[C@@H](OC(=O)N2CCC(N3CC4CCC(C3)C4(F)F)CC2)/C=C/[C@@H]1C. The van der Waals surface area contributed by atoms with Crippen LogP contribution in [0.15, 0.2) is 60.3 Å². The molecule has 1 N–H and O–H groups in total. The van der Waals surface area contributed by atoms with Crippen LogP contribution >= 0.6 is 0 Å². The molecule has 0 aromatic carbocycles. The predicted molar refractivity (Wildman–Crippen MR) is 185 cm³/mol. The van der Waals surface area contributed by atoms with Crippen LogP contribution in [0.2, 0.25) is 0 Å². The van der Waals surface area contributed by atoms with Gasteiger partial charge in [0.15, 0.2) is 6.10 Å². The third kappa shape index (κ3) is 9.17. The molecule has 3 fully saturated rings. The van der Waals surface area contributed by atoms with Crippen molar-refractivity contribution in [2.24, 2.45) is 23.7 Å². The third-order valence-electron chi connectivity index (χ3n) is 11.3. The van der Waals surface area contributed by atoms with Crippen LogP contribution in [0.4, 0.5) is 13.6 Å². The number of carbonyl (C=O) groups is 2. The van der Waals surface area contributed by atoms with Gasteiger partial charge in [-0.2, -0.15) is 0 Å². The first kappa shape index (κ1) is 37.2. The number of piperidine rings is 2. The maximum atomic E-state index is 14.5. The van der Waals surface area contributed by atoms with Gasteiger partial charge < -0.3 is 19.5 Å². The number of likely N-dealkylation sites (tertiary alicyclic amines) is 2. The Morgan fingerprint density at radius 2 is 1.80 bits per heavy atom. The number of hydrogen-bond donors (Lipinski definition) is 1. The van der Waals surface area contributed by atoms with Crippen LogP contribution in [0, 0.1) is 23.7 Å². The van der Waals surface area contributed by atoms with Gasteiger partial charge in [0.25, 0.3) is 5.92 Å². The number of fused-ring (bicyclic) bond motifs is 2. The number of aliphatic hydroxyl groups is 1. The molecule has 5 rings (SSSR count). The molecule has 4 heterocycles. The number of halogens is 2. The van der Waals surface area contributed by atoms with E-state index in [4.69, 9.17) is 9.47 Å². The zero-order valence-electron chi connectivity index (χ0n) is 29.8. The lowest BCUT2D eigenvalue weighted by Crippen LogP contribution is -2.55. The van der Waals surface area contributed by atoms with Gasteiger partial charge >= 0.3 is 12.1 Å². The van der Waals surface area contributed by atoms with Crippen molar-refractivity contribution in [1.82, 2.24) is 14.8 Å². The van der Waals surface area contributed by atoms with Crippen molar-refractivity contribution >= 4 is 12.1 Å². The molecule has 1 amide bonds. The Kier molecular flexibility index (Phi) is 12.0. The summed E-state index contributed by atoms with van der Waals surface area (Å²) in [5.74, 6) is -4.16. The summed E-state index contributed by atoms with van der Waals surface area (Å²) in [5.41, 5.74) is 0.476. The molecule has 1 aromatic heterocycles. The molecular formula is C39H55F2N3O5. The van der Waals surface area contributed by atoms with Crippen LogP contribution in [0.5, 0.6) is 0 Å². The minimum absolute atomic E-state index is 0.0397. The molecule has 0 spiro atoms. The smallest absolute Gasteiger partial charge is 0.410 e. The molecule has 1 saturated carbocycles. The first-order valence-electron chi connectivity index (χ1n) is 18.2. The number of nitrogens with zero attached hydrogens (tertiary/aromatic N) is 3. The summed E-state index contributed by atoms with van der Waals surface area (Å²) in [7, 11) is 0. The monoisotopic (exact) mass is 683 g/mol. The number of ether oxygens (including phenoxy) is 2. The number of esters is 1. The highest BCUT2D eigenvalue weighted by Crippen LogP contribution is 2.49. The zero-order chi connectivity index (χ0) is 35.3. The van der Waals surface area contributed by atoms with Gasteiger partial charge in [0, 0.05) is 74.2 Å². The van der Waals surface area contributed by atoms with Crippen LogP contribution in [-0.4, -0.2) is 87.9 Å². The summed E-state index contributed by atoms with van der Waals surface area (Å²) >= 11 is 0. The quantitative estimate of drug-likeness (QED) is 0.191. The van der Waals surface area contributed by atoms with E-state index in [2.05, 4.69) is 22.9 Å². The molecule has 10 heteroatoms. The van der Waals surface area contributed by atoms with Gasteiger partial charge in [-0.15, -0.1) is 0 Å². The molecule has 8 atom stereocenters. The average molecular weight is 684 g/mol. The molecular weight excluding hydrogens is 628 g/mol. The van der Waals surface area contributed by atoms with Gasteiger partial charge in [-0.25, -0.2) is 13.6 Å². The minimum Gasteiger partial charge on any atom is -0.457 e. The zero-order valence-corrected chi connectivity index (χ0v) is 29.8. The highest BCUT2D eigenvalue weighted by molar-refractivity contribution is 5.70. The first-order chi connectivity index (χ1) is 23.2. The van der Waals surface area contributed by atoms with E-state index in [0.717, 1.165) is 11.3 Å². The van der Waals surface area contributed by atoms with Crippen molar-refractivity contribution < 1.29 is 33.0 Å². The molecule has 1 aliphatic carbocycles. The molecule has 49 heavy (non-hydrogen) atoms. The van der Waals surface area contributed by atoms with Crippen molar-refractivity contribution in [3.63, 3.8) is 0 Å². The maximum Gasteiger partial charge on any atom is 0.410 e. The van der Waals surface area contributed by atoms with Crippen molar-refractivity contribution in [3.8, 4) is 0 Å². The lowest BCUT2D eigenvalue weighted by Gasteiger charge is -2.44. The van der Waals surface area contributed by atoms with E-state index in [1.54, 1.807) is 24.1 Å². The maximum absolute atomic E-state index is 14.5. The van der Waals surface area contributed by atoms with Gasteiger partial charge in [-0.3, -0.25) is 14.7 Å². The number of cyclic esters (lactones) is 1. The summed E-state index contributed by atoms with van der Waals surface area (Å²) in [6, 6.07) is 6.01. The molecule has 2 unspecified atom stereocenters. The number of pyridine rings is 1. The Morgan fingerprint density at radius 1 is 1.10 bits per heavy atom. The van der Waals surface area contributed by atoms with E-state index in [-0.39, 0.29) is 36.2 Å². The fourth-order valence-electron chi connectivity index (χ4n) is 7.92. The van der Waals surface area contributed by atoms with Gasteiger partial charge in [0.2, 0.25) is 0 Å². The molecule has 4 aliphatic rings. The molecule has 3 aliphatic heterocycles. The van der Waals surface area contributed by atoms with Gasteiger partial charge in [0.05, 0.1) is 0 Å². The Labute approximate surface area is 290 Å². The van der Waals surface area contributed by atoms with Crippen molar-refractivity contribution in [3.05, 3.63) is 66.0 Å².